The molecule has 0 spiro atoms. The second-order valence-electron chi connectivity index (χ2n) is 4.89. The number of nitrogens with one attached hydrogen (secondary N) is 2. The third-order valence-corrected chi connectivity index (χ3v) is 4.73. The molecule has 2 N–H and O–H groups in total. The lowest BCUT2D eigenvalue weighted by Gasteiger charge is -2.05. The van der Waals surface area contributed by atoms with E-state index in [0.717, 1.165) is 18.7 Å². The molecule has 1 saturated heterocycles. The molecule has 5 heteroatoms. The summed E-state index contributed by atoms with van der Waals surface area (Å²) in [6.45, 7) is 1.86. The number of piperidine rings is 1. The molecule has 0 radical (unpaired) electrons. The van der Waals surface area contributed by atoms with Gasteiger partial charge in [-0.2, -0.15) is 0 Å². The van der Waals surface area contributed by atoms with Crippen molar-refractivity contribution < 1.29 is 8.42 Å². The Kier molecular flexibility index (Phi) is 2.97. The minimum absolute atomic E-state index is 0.136. The second-order valence-corrected chi connectivity index (χ2v) is 6.49. The lowest BCUT2D eigenvalue weighted by atomic mass is 10.2. The third-order valence-electron chi connectivity index (χ3n) is 3.63. The molecular weight excluding hydrogens is 248 g/mol. The normalized spacial score (nSPS) is 30.6. The second kappa shape index (κ2) is 4.50. The van der Waals surface area contributed by atoms with Crippen LogP contribution in [0.15, 0.2) is 35.7 Å². The lowest BCUT2D eigenvalue weighted by molar-refractivity contribution is 0.574. The quantitative estimate of drug-likeness (QED) is 0.845. The number of fused-ring (bicyclic) bond motifs is 1. The van der Waals surface area contributed by atoms with Crippen molar-refractivity contribution in [1.82, 2.24) is 10.0 Å². The Morgan fingerprint density at radius 2 is 1.83 bits per heavy atom. The highest BCUT2D eigenvalue weighted by atomic mass is 32.2. The van der Waals surface area contributed by atoms with E-state index < -0.39 is 10.0 Å². The molecule has 4 nitrogen and oxygen atoms in total. The Bertz CT molecular complexity index is 544. The van der Waals surface area contributed by atoms with Crippen molar-refractivity contribution in [2.45, 2.75) is 6.04 Å². The summed E-state index contributed by atoms with van der Waals surface area (Å²) in [7, 11) is -3.32. The molecule has 1 aliphatic carbocycles. The Morgan fingerprint density at radius 1 is 1.17 bits per heavy atom. The molecule has 2 unspecified atom stereocenters. The van der Waals surface area contributed by atoms with Crippen LogP contribution in [0.5, 0.6) is 0 Å². The number of rotatable bonds is 4. The molecule has 0 amide bonds. The standard InChI is InChI=1S/C13H16N2O2S/c16-18(17,7-6-10-4-2-1-3-5-10)15-13-11-8-14-9-12(11)13/h1-7,11-15H,8-9H2/b7-6+. The fraction of sp³-hybridized carbons (Fsp3) is 0.385. The molecule has 0 aromatic heterocycles. The zero-order valence-corrected chi connectivity index (χ0v) is 10.7. The minimum atomic E-state index is -3.32. The van der Waals surface area contributed by atoms with E-state index in [1.54, 1.807) is 6.08 Å². The molecule has 2 atom stereocenters. The molecule has 3 rings (SSSR count). The van der Waals surface area contributed by atoms with Crippen molar-refractivity contribution in [3.05, 3.63) is 41.3 Å². The molecular formula is C13H16N2O2S. The summed E-state index contributed by atoms with van der Waals surface area (Å²) in [6, 6.07) is 9.57. The fourth-order valence-corrected chi connectivity index (χ4v) is 3.70. The van der Waals surface area contributed by atoms with Gasteiger partial charge in [0, 0.05) is 11.4 Å². The maximum absolute atomic E-state index is 11.9. The van der Waals surface area contributed by atoms with Crippen LogP contribution in [0.3, 0.4) is 0 Å². The molecule has 1 aliphatic heterocycles. The number of sulfonamides is 1. The monoisotopic (exact) mass is 264 g/mol. The minimum Gasteiger partial charge on any atom is -0.316 e. The first-order chi connectivity index (χ1) is 8.66. The summed E-state index contributed by atoms with van der Waals surface area (Å²) >= 11 is 0. The maximum atomic E-state index is 11.9. The van der Waals surface area contributed by atoms with Gasteiger partial charge in [-0.15, -0.1) is 0 Å². The zero-order chi connectivity index (χ0) is 12.6. The Balaban J connectivity index is 1.63. The van der Waals surface area contributed by atoms with Crippen LogP contribution in [0.2, 0.25) is 0 Å². The molecule has 96 valence electrons. The highest BCUT2D eigenvalue weighted by Crippen LogP contribution is 2.42. The maximum Gasteiger partial charge on any atom is 0.234 e. The number of benzene rings is 1. The van der Waals surface area contributed by atoms with E-state index in [2.05, 4.69) is 10.0 Å². The SMILES string of the molecule is O=S(=O)(/C=C/c1ccccc1)NC1C2CNCC21. The molecule has 0 bridgehead atoms. The van der Waals surface area contributed by atoms with Crippen molar-refractivity contribution >= 4 is 16.1 Å². The van der Waals surface area contributed by atoms with Gasteiger partial charge >= 0.3 is 0 Å². The Hall–Kier alpha value is -1.17. The van der Waals surface area contributed by atoms with Crippen molar-refractivity contribution in [3.63, 3.8) is 0 Å². The molecule has 1 aromatic carbocycles. The van der Waals surface area contributed by atoms with Gasteiger partial charge in [0.15, 0.2) is 0 Å². The highest BCUT2D eigenvalue weighted by Gasteiger charge is 2.54. The summed E-state index contributed by atoms with van der Waals surface area (Å²) < 4.78 is 26.5. The van der Waals surface area contributed by atoms with Crippen LogP contribution in [0.25, 0.3) is 6.08 Å². The summed E-state index contributed by atoms with van der Waals surface area (Å²) in [6.07, 6.45) is 1.62. The van der Waals surface area contributed by atoms with Crippen LogP contribution in [0.1, 0.15) is 5.56 Å². The lowest BCUT2D eigenvalue weighted by Crippen LogP contribution is -2.31. The number of hydrogen-bond acceptors (Lipinski definition) is 3. The van der Waals surface area contributed by atoms with Crippen molar-refractivity contribution in [3.8, 4) is 0 Å². The van der Waals surface area contributed by atoms with Crippen LogP contribution in [-0.2, 0) is 10.0 Å². The van der Waals surface area contributed by atoms with E-state index in [1.807, 2.05) is 30.3 Å². The topological polar surface area (TPSA) is 58.2 Å². The van der Waals surface area contributed by atoms with E-state index >= 15 is 0 Å². The van der Waals surface area contributed by atoms with E-state index in [0.29, 0.717) is 11.8 Å². The summed E-state index contributed by atoms with van der Waals surface area (Å²) in [5, 5.41) is 4.50. The molecule has 1 heterocycles. The van der Waals surface area contributed by atoms with Gasteiger partial charge in [0.25, 0.3) is 0 Å². The third kappa shape index (κ3) is 2.48. The van der Waals surface area contributed by atoms with Gasteiger partial charge in [-0.25, -0.2) is 13.1 Å². The van der Waals surface area contributed by atoms with Crippen LogP contribution in [0.4, 0.5) is 0 Å². The highest BCUT2D eigenvalue weighted by molar-refractivity contribution is 7.92. The van der Waals surface area contributed by atoms with Crippen LogP contribution in [-0.4, -0.2) is 27.5 Å². The summed E-state index contributed by atoms with van der Waals surface area (Å²) in [5.41, 5.74) is 0.889. The van der Waals surface area contributed by atoms with E-state index in [1.165, 1.54) is 5.41 Å². The van der Waals surface area contributed by atoms with Crippen LogP contribution in [0, 0.1) is 11.8 Å². The fourth-order valence-electron chi connectivity index (χ4n) is 2.55. The molecule has 2 aliphatic rings. The van der Waals surface area contributed by atoms with Gasteiger partial charge in [0.2, 0.25) is 10.0 Å². The van der Waals surface area contributed by atoms with E-state index in [-0.39, 0.29) is 6.04 Å². The van der Waals surface area contributed by atoms with Crippen molar-refractivity contribution in [1.29, 1.82) is 0 Å². The van der Waals surface area contributed by atoms with Gasteiger partial charge in [0.05, 0.1) is 0 Å². The average Bonchev–Trinajstić information content (AvgIpc) is 2.80. The van der Waals surface area contributed by atoms with Gasteiger partial charge in [-0.1, -0.05) is 30.3 Å². The van der Waals surface area contributed by atoms with Crippen LogP contribution >= 0.6 is 0 Å². The number of hydrogen-bond donors (Lipinski definition) is 2. The van der Waals surface area contributed by atoms with Crippen molar-refractivity contribution in [2.75, 3.05) is 13.1 Å². The van der Waals surface area contributed by atoms with E-state index in [9.17, 15) is 8.42 Å². The Morgan fingerprint density at radius 3 is 2.50 bits per heavy atom. The van der Waals surface area contributed by atoms with Gasteiger partial charge in [-0.05, 0) is 36.6 Å². The van der Waals surface area contributed by atoms with Crippen molar-refractivity contribution in [2.24, 2.45) is 11.8 Å². The molecule has 1 saturated carbocycles. The molecule has 2 fully saturated rings. The van der Waals surface area contributed by atoms with Gasteiger partial charge in [0.1, 0.15) is 0 Å². The Labute approximate surface area is 107 Å². The van der Waals surface area contributed by atoms with Crippen LogP contribution < -0.4 is 10.0 Å². The first kappa shape index (κ1) is 11.9. The molecule has 18 heavy (non-hydrogen) atoms. The first-order valence-electron chi connectivity index (χ1n) is 6.12. The molecule has 1 aromatic rings. The average molecular weight is 264 g/mol. The zero-order valence-electron chi connectivity index (χ0n) is 9.91. The largest absolute Gasteiger partial charge is 0.316 e. The van der Waals surface area contributed by atoms with Gasteiger partial charge < -0.3 is 5.32 Å². The smallest absolute Gasteiger partial charge is 0.234 e. The van der Waals surface area contributed by atoms with E-state index in [4.69, 9.17) is 0 Å². The van der Waals surface area contributed by atoms with Gasteiger partial charge in [-0.3, -0.25) is 0 Å². The summed E-state index contributed by atoms with van der Waals surface area (Å²) in [4.78, 5) is 0. The predicted octanol–water partition coefficient (Wildman–Crippen LogP) is 0.795. The predicted molar refractivity (Wildman–Crippen MR) is 71.2 cm³/mol. The first-order valence-corrected chi connectivity index (χ1v) is 7.66. The summed E-state index contributed by atoms with van der Waals surface area (Å²) in [5.74, 6) is 0.981.